The molecule has 0 aliphatic carbocycles. The summed E-state index contributed by atoms with van der Waals surface area (Å²) < 4.78 is 2.04. The summed E-state index contributed by atoms with van der Waals surface area (Å²) in [5.74, 6) is 0.311. The van der Waals surface area contributed by atoms with E-state index in [0.29, 0.717) is 6.54 Å². The molecule has 132 valence electrons. The predicted molar refractivity (Wildman–Crippen MR) is 100 cm³/mol. The van der Waals surface area contributed by atoms with Crippen molar-refractivity contribution in [1.82, 2.24) is 15.1 Å². The Labute approximate surface area is 149 Å². The summed E-state index contributed by atoms with van der Waals surface area (Å²) in [6.45, 7) is 8.94. The van der Waals surface area contributed by atoms with Gasteiger partial charge in [0.05, 0.1) is 5.69 Å². The quantitative estimate of drug-likeness (QED) is 0.727. The molecule has 1 N–H and O–H groups in total. The molecule has 2 aromatic rings. The maximum absolute atomic E-state index is 12.6. The summed E-state index contributed by atoms with van der Waals surface area (Å²) in [7, 11) is 0. The number of nitrogens with zero attached hydrogens (tertiary/aromatic N) is 2. The highest BCUT2D eigenvalue weighted by molar-refractivity contribution is 7.10. The van der Waals surface area contributed by atoms with Gasteiger partial charge in [-0.3, -0.25) is 9.48 Å². The van der Waals surface area contributed by atoms with Gasteiger partial charge in [-0.2, -0.15) is 5.10 Å². The molecule has 0 aromatic carbocycles. The zero-order chi connectivity index (χ0) is 17.5. The van der Waals surface area contributed by atoms with Gasteiger partial charge < -0.3 is 5.32 Å². The van der Waals surface area contributed by atoms with Crippen LogP contribution in [0.25, 0.3) is 0 Å². The van der Waals surface area contributed by atoms with Crippen molar-refractivity contribution in [2.24, 2.45) is 5.92 Å². The first kappa shape index (κ1) is 18.7. The minimum absolute atomic E-state index is 0.0616. The Morgan fingerprint density at radius 2 is 2.00 bits per heavy atom. The Hall–Kier alpha value is -1.62. The summed E-state index contributed by atoms with van der Waals surface area (Å²) in [5.41, 5.74) is 2.13. The number of hydrogen-bond donors (Lipinski definition) is 1. The van der Waals surface area contributed by atoms with Crippen molar-refractivity contribution in [3.63, 3.8) is 0 Å². The van der Waals surface area contributed by atoms with E-state index in [1.54, 1.807) is 11.3 Å². The molecule has 0 aliphatic rings. The van der Waals surface area contributed by atoms with Crippen molar-refractivity contribution >= 4 is 17.2 Å². The Kier molecular flexibility index (Phi) is 7.03. The first-order valence-corrected chi connectivity index (χ1v) is 9.78. The van der Waals surface area contributed by atoms with Gasteiger partial charge >= 0.3 is 0 Å². The normalized spacial score (nSPS) is 12.5. The summed E-state index contributed by atoms with van der Waals surface area (Å²) in [6, 6.07) is 6.32. The topological polar surface area (TPSA) is 46.9 Å². The van der Waals surface area contributed by atoms with E-state index >= 15 is 0 Å². The average molecular weight is 348 g/mol. The first-order chi connectivity index (χ1) is 11.6. The van der Waals surface area contributed by atoms with E-state index in [0.717, 1.165) is 37.1 Å². The monoisotopic (exact) mass is 347 g/mol. The van der Waals surface area contributed by atoms with Crippen LogP contribution in [0.1, 0.15) is 61.8 Å². The van der Waals surface area contributed by atoms with Gasteiger partial charge in [-0.1, -0.05) is 32.8 Å². The van der Waals surface area contributed by atoms with Crippen LogP contribution in [0.2, 0.25) is 0 Å². The Morgan fingerprint density at radius 3 is 2.50 bits per heavy atom. The minimum Gasteiger partial charge on any atom is -0.353 e. The van der Waals surface area contributed by atoms with Gasteiger partial charge in [-0.25, -0.2) is 0 Å². The third-order valence-corrected chi connectivity index (χ3v) is 5.30. The van der Waals surface area contributed by atoms with Crippen molar-refractivity contribution in [3.05, 3.63) is 39.8 Å². The van der Waals surface area contributed by atoms with Crippen LogP contribution < -0.4 is 5.32 Å². The lowest BCUT2D eigenvalue weighted by atomic mass is 9.97. The number of thiophene rings is 1. The zero-order valence-electron chi connectivity index (χ0n) is 15.2. The van der Waals surface area contributed by atoms with Gasteiger partial charge in [-0.15, -0.1) is 11.3 Å². The lowest BCUT2D eigenvalue weighted by Gasteiger charge is -2.21. The first-order valence-electron chi connectivity index (χ1n) is 8.90. The summed E-state index contributed by atoms with van der Waals surface area (Å²) in [6.07, 6.45) is 4.01. The molecular formula is C19H29N3OS. The van der Waals surface area contributed by atoms with Crippen LogP contribution in [0.4, 0.5) is 0 Å². The van der Waals surface area contributed by atoms with E-state index in [1.165, 1.54) is 4.88 Å². The van der Waals surface area contributed by atoms with Crippen LogP contribution in [0.5, 0.6) is 0 Å². The molecule has 0 saturated carbocycles. The van der Waals surface area contributed by atoms with Crippen LogP contribution in [-0.4, -0.2) is 22.2 Å². The maximum atomic E-state index is 12.6. The van der Waals surface area contributed by atoms with Gasteiger partial charge in [0.25, 0.3) is 0 Å². The average Bonchev–Trinajstić information content (AvgIpc) is 3.18. The predicted octanol–water partition coefficient (Wildman–Crippen LogP) is 4.48. The van der Waals surface area contributed by atoms with Crippen molar-refractivity contribution in [1.29, 1.82) is 0 Å². The molecule has 24 heavy (non-hydrogen) atoms. The largest absolute Gasteiger partial charge is 0.353 e. The summed E-state index contributed by atoms with van der Waals surface area (Å²) in [5, 5.41) is 9.89. The third-order valence-electron chi connectivity index (χ3n) is 4.33. The van der Waals surface area contributed by atoms with Crippen LogP contribution in [0.3, 0.4) is 0 Å². The van der Waals surface area contributed by atoms with Gasteiger partial charge in [0.1, 0.15) is 6.04 Å². The molecule has 1 unspecified atom stereocenters. The van der Waals surface area contributed by atoms with Crippen LogP contribution in [-0.2, 0) is 4.79 Å². The minimum atomic E-state index is 0.0616. The van der Waals surface area contributed by atoms with E-state index in [9.17, 15) is 4.79 Å². The van der Waals surface area contributed by atoms with E-state index in [1.807, 2.05) is 11.6 Å². The van der Waals surface area contributed by atoms with Crippen LogP contribution in [0.15, 0.2) is 23.6 Å². The third kappa shape index (κ3) is 4.69. The molecule has 2 rings (SSSR count). The number of nitrogens with one attached hydrogen (secondary N) is 1. The highest BCUT2D eigenvalue weighted by atomic mass is 32.1. The van der Waals surface area contributed by atoms with E-state index in [2.05, 4.69) is 54.8 Å². The number of aryl methyl sites for hydroxylation is 2. The number of hydrogen-bond acceptors (Lipinski definition) is 3. The highest BCUT2D eigenvalue weighted by Crippen LogP contribution is 2.24. The van der Waals surface area contributed by atoms with E-state index < -0.39 is 0 Å². The second-order valence-corrected chi connectivity index (χ2v) is 7.40. The maximum Gasteiger partial charge on any atom is 0.223 e. The summed E-state index contributed by atoms with van der Waals surface area (Å²) >= 11 is 1.71. The molecule has 0 radical (unpaired) electrons. The van der Waals surface area contributed by atoms with Gasteiger partial charge in [0.2, 0.25) is 5.91 Å². The molecule has 4 nitrogen and oxygen atoms in total. The van der Waals surface area contributed by atoms with Crippen molar-refractivity contribution < 1.29 is 4.79 Å². The number of carbonyl (C=O) groups is 1. The standard InChI is InChI=1S/C19H29N3OS/c1-5-8-16(9-6-2)19(23)20-13-17(18-10-7-11-24-18)22-15(4)12-14(3)21-22/h7,10-12,16-17H,5-6,8-9,13H2,1-4H3,(H,20,23). The van der Waals surface area contributed by atoms with Crippen molar-refractivity contribution in [3.8, 4) is 0 Å². The molecule has 0 fully saturated rings. The van der Waals surface area contributed by atoms with Crippen molar-refractivity contribution in [2.75, 3.05) is 6.54 Å². The second kappa shape index (κ2) is 9.02. The Balaban J connectivity index is 2.12. The lowest BCUT2D eigenvalue weighted by Crippen LogP contribution is -2.36. The highest BCUT2D eigenvalue weighted by Gasteiger charge is 2.22. The second-order valence-electron chi connectivity index (χ2n) is 6.42. The molecular weight excluding hydrogens is 318 g/mol. The van der Waals surface area contributed by atoms with Gasteiger partial charge in [-0.05, 0) is 44.2 Å². The molecule has 0 saturated heterocycles. The fraction of sp³-hybridized carbons (Fsp3) is 0.579. The number of carbonyl (C=O) groups excluding carboxylic acids is 1. The molecule has 0 bridgehead atoms. The summed E-state index contributed by atoms with van der Waals surface area (Å²) in [4.78, 5) is 13.8. The zero-order valence-corrected chi connectivity index (χ0v) is 16.0. The van der Waals surface area contributed by atoms with Crippen LogP contribution in [0, 0.1) is 19.8 Å². The number of rotatable bonds is 9. The molecule has 2 aromatic heterocycles. The van der Waals surface area contributed by atoms with Gasteiger partial charge in [0, 0.05) is 23.0 Å². The molecule has 0 spiro atoms. The number of amides is 1. The molecule has 2 heterocycles. The van der Waals surface area contributed by atoms with Gasteiger partial charge in [0.15, 0.2) is 0 Å². The molecule has 1 atom stereocenters. The Morgan fingerprint density at radius 1 is 1.29 bits per heavy atom. The lowest BCUT2D eigenvalue weighted by molar-refractivity contribution is -0.125. The van der Waals surface area contributed by atoms with Crippen LogP contribution >= 0.6 is 11.3 Å². The SMILES string of the molecule is CCCC(CCC)C(=O)NCC(c1cccs1)n1nc(C)cc1C. The molecule has 0 aliphatic heterocycles. The van der Waals surface area contributed by atoms with E-state index in [4.69, 9.17) is 0 Å². The number of aromatic nitrogens is 2. The molecule has 5 heteroatoms. The fourth-order valence-electron chi connectivity index (χ4n) is 3.20. The molecule has 1 amide bonds. The fourth-order valence-corrected chi connectivity index (χ4v) is 4.01. The Bertz CT molecular complexity index is 627. The van der Waals surface area contributed by atoms with E-state index in [-0.39, 0.29) is 17.9 Å². The smallest absolute Gasteiger partial charge is 0.223 e. The van der Waals surface area contributed by atoms with Crippen molar-refractivity contribution in [2.45, 2.75) is 59.4 Å².